The molecule has 2 N–H and O–H groups in total. The molecular formula is C20H29ClN6O. The maximum absolute atomic E-state index is 6.50. The van der Waals surface area contributed by atoms with Crippen LogP contribution in [0.4, 0.5) is 0 Å². The summed E-state index contributed by atoms with van der Waals surface area (Å²) < 4.78 is 7.45. The highest BCUT2D eigenvalue weighted by molar-refractivity contribution is 6.31. The zero-order chi connectivity index (χ0) is 19.6. The van der Waals surface area contributed by atoms with E-state index >= 15 is 0 Å². The molecule has 7 nitrogen and oxygen atoms in total. The lowest BCUT2D eigenvalue weighted by Crippen LogP contribution is -2.46. The molecule has 1 aromatic carbocycles. The number of aliphatic imine (C=N–C) groups is 1. The molecule has 1 saturated heterocycles. The number of nitrogens with one attached hydrogen (secondary N) is 2. The summed E-state index contributed by atoms with van der Waals surface area (Å²) in [5.41, 5.74) is 1.13. The number of morpholine rings is 1. The van der Waals surface area contributed by atoms with E-state index in [2.05, 4.69) is 31.7 Å². The molecule has 2 heterocycles. The second kappa shape index (κ2) is 11.0. The monoisotopic (exact) mass is 404 g/mol. The second-order valence-corrected chi connectivity index (χ2v) is 7.10. The summed E-state index contributed by atoms with van der Waals surface area (Å²) in [5, 5.41) is 11.9. The predicted molar refractivity (Wildman–Crippen MR) is 113 cm³/mol. The Morgan fingerprint density at radius 2 is 2.07 bits per heavy atom. The van der Waals surface area contributed by atoms with E-state index in [1.165, 1.54) is 0 Å². The van der Waals surface area contributed by atoms with Crippen LogP contribution in [0.3, 0.4) is 0 Å². The van der Waals surface area contributed by atoms with Crippen molar-refractivity contribution in [1.82, 2.24) is 25.3 Å². The molecule has 1 aliphatic rings. The van der Waals surface area contributed by atoms with Crippen LogP contribution in [0, 0.1) is 0 Å². The average Bonchev–Trinajstić information content (AvgIpc) is 3.25. The number of aromatic nitrogens is 2. The number of nitrogens with zero attached hydrogens (tertiary/aromatic N) is 4. The lowest BCUT2D eigenvalue weighted by atomic mass is 10.0. The first-order chi connectivity index (χ1) is 13.8. The first-order valence-corrected chi connectivity index (χ1v) is 10.1. The first-order valence-electron chi connectivity index (χ1n) is 9.76. The van der Waals surface area contributed by atoms with Gasteiger partial charge in [0.25, 0.3) is 0 Å². The molecule has 152 valence electrons. The molecule has 28 heavy (non-hydrogen) atoms. The van der Waals surface area contributed by atoms with Crippen molar-refractivity contribution in [3.63, 3.8) is 0 Å². The van der Waals surface area contributed by atoms with E-state index in [1.54, 1.807) is 13.2 Å². The van der Waals surface area contributed by atoms with E-state index in [4.69, 9.17) is 16.3 Å². The number of aryl methyl sites for hydroxylation is 1. The van der Waals surface area contributed by atoms with Gasteiger partial charge in [0.05, 0.1) is 19.3 Å². The predicted octanol–water partition coefficient (Wildman–Crippen LogP) is 2.17. The second-order valence-electron chi connectivity index (χ2n) is 6.69. The lowest BCUT2D eigenvalue weighted by Gasteiger charge is -2.35. The first kappa shape index (κ1) is 20.6. The molecule has 0 saturated carbocycles. The van der Waals surface area contributed by atoms with E-state index in [1.807, 2.05) is 35.1 Å². The fraction of sp³-hybridized carbons (Fsp3) is 0.500. The highest BCUT2D eigenvalue weighted by Gasteiger charge is 2.24. The smallest absolute Gasteiger partial charge is 0.191 e. The minimum Gasteiger partial charge on any atom is -0.379 e. The van der Waals surface area contributed by atoms with E-state index in [-0.39, 0.29) is 6.04 Å². The minimum absolute atomic E-state index is 0.167. The summed E-state index contributed by atoms with van der Waals surface area (Å²) in [5.74, 6) is 0.797. The normalized spacial score (nSPS) is 16.7. The van der Waals surface area contributed by atoms with Crippen LogP contribution in [0.25, 0.3) is 0 Å². The number of rotatable bonds is 8. The van der Waals surface area contributed by atoms with Gasteiger partial charge in [-0.25, -0.2) is 0 Å². The number of halogens is 1. The summed E-state index contributed by atoms with van der Waals surface area (Å²) in [4.78, 5) is 6.77. The van der Waals surface area contributed by atoms with E-state index in [0.717, 1.165) is 68.9 Å². The molecule has 1 atom stereocenters. The number of guanidine groups is 1. The Morgan fingerprint density at radius 3 is 2.79 bits per heavy atom. The summed E-state index contributed by atoms with van der Waals surface area (Å²) in [7, 11) is 1.79. The van der Waals surface area contributed by atoms with Gasteiger partial charge in [-0.05, 0) is 24.1 Å². The van der Waals surface area contributed by atoms with E-state index in [9.17, 15) is 0 Å². The van der Waals surface area contributed by atoms with Crippen molar-refractivity contribution in [3.05, 3.63) is 53.3 Å². The van der Waals surface area contributed by atoms with Gasteiger partial charge in [0.2, 0.25) is 0 Å². The molecule has 0 aliphatic carbocycles. The Morgan fingerprint density at radius 1 is 1.25 bits per heavy atom. The van der Waals surface area contributed by atoms with Crippen molar-refractivity contribution in [2.45, 2.75) is 19.0 Å². The van der Waals surface area contributed by atoms with Crippen LogP contribution in [0.5, 0.6) is 0 Å². The van der Waals surface area contributed by atoms with Crippen molar-refractivity contribution in [3.8, 4) is 0 Å². The Labute approximate surface area is 171 Å². The third-order valence-corrected chi connectivity index (χ3v) is 5.20. The summed E-state index contributed by atoms with van der Waals surface area (Å²) in [6.07, 6.45) is 4.75. The molecule has 1 aromatic heterocycles. The van der Waals surface area contributed by atoms with Crippen LogP contribution in [0.15, 0.2) is 47.7 Å². The van der Waals surface area contributed by atoms with Crippen LogP contribution in [-0.2, 0) is 11.3 Å². The number of benzene rings is 1. The van der Waals surface area contributed by atoms with Crippen LogP contribution >= 0.6 is 11.6 Å². The van der Waals surface area contributed by atoms with E-state index < -0.39 is 0 Å². The fourth-order valence-electron chi connectivity index (χ4n) is 3.36. The minimum atomic E-state index is 0.167. The quantitative estimate of drug-likeness (QED) is 0.401. The zero-order valence-corrected chi connectivity index (χ0v) is 17.1. The number of ether oxygens (including phenoxy) is 1. The Balaban J connectivity index is 1.54. The van der Waals surface area contributed by atoms with E-state index in [0.29, 0.717) is 0 Å². The molecule has 0 amide bonds. The van der Waals surface area contributed by atoms with Gasteiger partial charge in [-0.2, -0.15) is 5.10 Å². The molecular weight excluding hydrogens is 376 g/mol. The van der Waals surface area contributed by atoms with Gasteiger partial charge in [0.1, 0.15) is 0 Å². The number of hydrogen-bond donors (Lipinski definition) is 2. The topological polar surface area (TPSA) is 66.7 Å². The van der Waals surface area contributed by atoms with Gasteiger partial charge in [0, 0.05) is 57.2 Å². The van der Waals surface area contributed by atoms with Crippen molar-refractivity contribution >= 4 is 17.6 Å². The third-order valence-electron chi connectivity index (χ3n) is 4.85. The van der Waals surface area contributed by atoms with Crippen LogP contribution < -0.4 is 10.6 Å². The van der Waals surface area contributed by atoms with Crippen molar-refractivity contribution in [2.24, 2.45) is 4.99 Å². The van der Waals surface area contributed by atoms with Crippen LogP contribution in [0.2, 0.25) is 5.02 Å². The molecule has 1 unspecified atom stereocenters. The highest BCUT2D eigenvalue weighted by Crippen LogP contribution is 2.27. The van der Waals surface area contributed by atoms with Crippen molar-refractivity contribution < 1.29 is 4.74 Å². The third kappa shape index (κ3) is 5.95. The number of hydrogen-bond acceptors (Lipinski definition) is 4. The Kier molecular flexibility index (Phi) is 8.14. The fourth-order valence-corrected chi connectivity index (χ4v) is 3.63. The maximum Gasteiger partial charge on any atom is 0.191 e. The van der Waals surface area contributed by atoms with Gasteiger partial charge >= 0.3 is 0 Å². The van der Waals surface area contributed by atoms with Crippen molar-refractivity contribution in [2.75, 3.05) is 46.4 Å². The molecule has 0 bridgehead atoms. The summed E-state index contributed by atoms with van der Waals surface area (Å²) >= 11 is 6.50. The molecule has 8 heteroatoms. The largest absolute Gasteiger partial charge is 0.379 e. The lowest BCUT2D eigenvalue weighted by molar-refractivity contribution is 0.0170. The Bertz CT molecular complexity index is 730. The molecule has 0 spiro atoms. The van der Waals surface area contributed by atoms with Crippen molar-refractivity contribution in [1.29, 1.82) is 0 Å². The molecule has 1 fully saturated rings. The Hall–Kier alpha value is -2.09. The average molecular weight is 405 g/mol. The highest BCUT2D eigenvalue weighted by atomic mass is 35.5. The van der Waals surface area contributed by atoms with Crippen LogP contribution in [0.1, 0.15) is 18.0 Å². The van der Waals surface area contributed by atoms with Gasteiger partial charge in [0.15, 0.2) is 5.96 Å². The SMILES string of the molecule is CN=C(NCCCn1cccn1)NCC(c1ccccc1Cl)N1CCOCC1. The summed E-state index contributed by atoms with van der Waals surface area (Å²) in [6.45, 7) is 5.73. The maximum atomic E-state index is 6.50. The molecule has 0 radical (unpaired) electrons. The van der Waals surface area contributed by atoms with Gasteiger partial charge in [-0.15, -0.1) is 0 Å². The molecule has 1 aliphatic heterocycles. The van der Waals surface area contributed by atoms with Gasteiger partial charge in [-0.1, -0.05) is 29.8 Å². The summed E-state index contributed by atoms with van der Waals surface area (Å²) in [6, 6.07) is 10.2. The van der Waals surface area contributed by atoms with Crippen LogP contribution in [-0.4, -0.2) is 67.1 Å². The molecule has 2 aromatic rings. The zero-order valence-electron chi connectivity index (χ0n) is 16.4. The van der Waals surface area contributed by atoms with Gasteiger partial charge in [-0.3, -0.25) is 14.6 Å². The van der Waals surface area contributed by atoms with Gasteiger partial charge < -0.3 is 15.4 Å². The standard InChI is InChI=1S/C20H29ClN6O/c1-22-20(23-8-4-10-27-11-5-9-25-27)24-16-19(26-12-14-28-15-13-26)17-6-2-3-7-18(17)21/h2-3,5-7,9,11,19H,4,8,10,12-16H2,1H3,(H2,22,23,24). The molecule has 3 rings (SSSR count).